The van der Waals surface area contributed by atoms with Crippen LogP contribution in [0.15, 0.2) is 67.3 Å². The van der Waals surface area contributed by atoms with Crippen molar-refractivity contribution < 1.29 is 14.7 Å². The molecule has 0 aliphatic rings. The minimum absolute atomic E-state index is 0.0559. The molecule has 3 aromatic rings. The fourth-order valence-electron chi connectivity index (χ4n) is 2.86. The number of carbonyl (C=O) groups excluding carboxylic acids is 1. The number of amides is 1. The van der Waals surface area contributed by atoms with Gasteiger partial charge in [0.1, 0.15) is 4.88 Å². The van der Waals surface area contributed by atoms with Crippen LogP contribution in [0.5, 0.6) is 0 Å². The second kappa shape index (κ2) is 9.27. The van der Waals surface area contributed by atoms with Crippen molar-refractivity contribution in [1.82, 2.24) is 0 Å². The fraction of sp³-hybridized carbons (Fsp3) is 0.0909. The van der Waals surface area contributed by atoms with Gasteiger partial charge >= 0.3 is 5.97 Å². The van der Waals surface area contributed by atoms with Gasteiger partial charge in [-0.1, -0.05) is 65.7 Å². The molecule has 0 atom stereocenters. The Morgan fingerprint density at radius 1 is 1.07 bits per heavy atom. The molecule has 0 spiro atoms. The molecule has 7 heteroatoms. The molecule has 0 saturated heterocycles. The van der Waals surface area contributed by atoms with Gasteiger partial charge in [0.05, 0.1) is 22.2 Å². The molecule has 0 bridgehead atoms. The predicted octanol–water partition coefficient (Wildman–Crippen LogP) is 6.18. The third kappa shape index (κ3) is 4.88. The minimum Gasteiger partial charge on any atom is -0.477 e. The zero-order valence-corrected chi connectivity index (χ0v) is 17.6. The zero-order valence-electron chi connectivity index (χ0n) is 15.3. The molecule has 1 N–H and O–H groups in total. The van der Waals surface area contributed by atoms with Crippen molar-refractivity contribution in [3.63, 3.8) is 0 Å². The predicted molar refractivity (Wildman–Crippen MR) is 119 cm³/mol. The van der Waals surface area contributed by atoms with Crippen LogP contribution >= 0.6 is 34.5 Å². The van der Waals surface area contributed by atoms with Crippen molar-refractivity contribution in [2.24, 2.45) is 0 Å². The van der Waals surface area contributed by atoms with E-state index in [9.17, 15) is 14.7 Å². The molecule has 3 rings (SSSR count). The molecule has 0 unspecified atom stereocenters. The van der Waals surface area contributed by atoms with Crippen LogP contribution in [-0.2, 0) is 11.2 Å². The van der Waals surface area contributed by atoms with E-state index in [1.807, 2.05) is 30.3 Å². The Kier molecular flexibility index (Phi) is 6.75. The highest BCUT2D eigenvalue weighted by Crippen LogP contribution is 2.37. The molecule has 0 radical (unpaired) electrons. The van der Waals surface area contributed by atoms with Crippen LogP contribution < -0.4 is 4.90 Å². The highest BCUT2D eigenvalue weighted by atomic mass is 35.5. The summed E-state index contributed by atoms with van der Waals surface area (Å²) in [6.45, 7) is 3.89. The van der Waals surface area contributed by atoms with Gasteiger partial charge in [0.25, 0.3) is 0 Å². The molecule has 0 fully saturated rings. The maximum absolute atomic E-state index is 13.0. The molecule has 0 aliphatic heterocycles. The number of anilines is 1. The number of hydrogen-bond acceptors (Lipinski definition) is 3. The molecule has 1 amide bonds. The van der Waals surface area contributed by atoms with Gasteiger partial charge in [0.2, 0.25) is 5.91 Å². The van der Waals surface area contributed by atoms with E-state index in [1.165, 1.54) is 4.90 Å². The maximum Gasteiger partial charge on any atom is 0.348 e. The summed E-state index contributed by atoms with van der Waals surface area (Å²) in [4.78, 5) is 27.2. The summed E-state index contributed by atoms with van der Waals surface area (Å²) in [7, 11) is 0. The summed E-state index contributed by atoms with van der Waals surface area (Å²) in [6, 6.07) is 16.2. The highest BCUT2D eigenvalue weighted by Gasteiger charge is 2.25. The van der Waals surface area contributed by atoms with Gasteiger partial charge in [-0.25, -0.2) is 4.79 Å². The number of carboxylic acid groups (broad SMARTS) is 1. The van der Waals surface area contributed by atoms with Crippen molar-refractivity contribution in [2.45, 2.75) is 6.42 Å². The molecular weight excluding hydrogens is 429 g/mol. The monoisotopic (exact) mass is 445 g/mol. The average molecular weight is 446 g/mol. The smallest absolute Gasteiger partial charge is 0.348 e. The molecule has 4 nitrogen and oxygen atoms in total. The Bertz CT molecular complexity index is 1060. The first kappa shape index (κ1) is 21.1. The van der Waals surface area contributed by atoms with Gasteiger partial charge in [0, 0.05) is 11.4 Å². The van der Waals surface area contributed by atoms with Crippen LogP contribution in [0.1, 0.15) is 15.2 Å². The second-order valence-corrected chi connectivity index (χ2v) is 8.08. The zero-order chi connectivity index (χ0) is 21.0. The van der Waals surface area contributed by atoms with E-state index in [2.05, 4.69) is 6.58 Å². The molecule has 2 aromatic carbocycles. The number of thiophene rings is 1. The quantitative estimate of drug-likeness (QED) is 0.441. The Hall–Kier alpha value is -2.60. The summed E-state index contributed by atoms with van der Waals surface area (Å²) in [5.74, 6) is -1.34. The summed E-state index contributed by atoms with van der Waals surface area (Å²) in [5.41, 5.74) is 1.93. The normalized spacial score (nSPS) is 10.6. The molecule has 29 heavy (non-hydrogen) atoms. The number of hydrogen-bond donors (Lipinski definition) is 1. The summed E-state index contributed by atoms with van der Waals surface area (Å²) < 4.78 is 0. The number of carboxylic acids is 1. The Balaban J connectivity index is 1.98. The largest absolute Gasteiger partial charge is 0.477 e. The molecule has 148 valence electrons. The van der Waals surface area contributed by atoms with Gasteiger partial charge in [-0.2, -0.15) is 0 Å². The van der Waals surface area contributed by atoms with Gasteiger partial charge in [-0.3, -0.25) is 4.79 Å². The molecule has 1 aromatic heterocycles. The van der Waals surface area contributed by atoms with Crippen molar-refractivity contribution in [2.75, 3.05) is 11.4 Å². The lowest BCUT2D eigenvalue weighted by Gasteiger charge is -2.21. The van der Waals surface area contributed by atoms with E-state index in [4.69, 9.17) is 23.2 Å². The Labute approximate surface area is 182 Å². The van der Waals surface area contributed by atoms with E-state index < -0.39 is 5.97 Å². The van der Waals surface area contributed by atoms with E-state index in [0.717, 1.165) is 21.8 Å². The minimum atomic E-state index is -1.08. The van der Waals surface area contributed by atoms with E-state index in [0.29, 0.717) is 21.3 Å². The first-order valence-electron chi connectivity index (χ1n) is 8.68. The van der Waals surface area contributed by atoms with Gasteiger partial charge in [-0.15, -0.1) is 17.9 Å². The number of carbonyl (C=O) groups is 2. The molecule has 0 aliphatic carbocycles. The van der Waals surface area contributed by atoms with Crippen molar-refractivity contribution in [3.8, 4) is 10.4 Å². The van der Waals surface area contributed by atoms with E-state index >= 15 is 0 Å². The SMILES string of the molecule is C=CCN(C(=O)Cc1ccc(Cl)c(Cl)c1)c1cc(-c2ccccc2)sc1C(=O)O. The highest BCUT2D eigenvalue weighted by molar-refractivity contribution is 7.18. The lowest BCUT2D eigenvalue weighted by molar-refractivity contribution is -0.117. The maximum atomic E-state index is 13.0. The van der Waals surface area contributed by atoms with E-state index in [1.54, 1.807) is 30.3 Å². The number of benzene rings is 2. The molecule has 1 heterocycles. The topological polar surface area (TPSA) is 57.6 Å². The van der Waals surface area contributed by atoms with E-state index in [-0.39, 0.29) is 23.7 Å². The summed E-state index contributed by atoms with van der Waals surface area (Å²) in [6.07, 6.45) is 1.62. The van der Waals surface area contributed by atoms with Crippen LogP contribution in [0.25, 0.3) is 10.4 Å². The van der Waals surface area contributed by atoms with Crippen LogP contribution in [0.3, 0.4) is 0 Å². The van der Waals surface area contributed by atoms with Crippen molar-refractivity contribution >= 4 is 52.1 Å². The Morgan fingerprint density at radius 2 is 1.79 bits per heavy atom. The van der Waals surface area contributed by atoms with Crippen LogP contribution in [0.4, 0.5) is 5.69 Å². The number of nitrogens with zero attached hydrogens (tertiary/aromatic N) is 1. The lowest BCUT2D eigenvalue weighted by atomic mass is 10.1. The molecule has 0 saturated carbocycles. The van der Waals surface area contributed by atoms with Crippen molar-refractivity contribution in [3.05, 3.63) is 87.7 Å². The lowest BCUT2D eigenvalue weighted by Crippen LogP contribution is -2.33. The molecular formula is C22H17Cl2NO3S. The van der Waals surface area contributed by atoms with Gasteiger partial charge in [0.15, 0.2) is 0 Å². The third-order valence-corrected chi connectivity index (χ3v) is 6.11. The third-order valence-electron chi connectivity index (χ3n) is 4.21. The standard InChI is InChI=1S/C22H17Cl2NO3S/c1-2-10-25(20(26)12-14-8-9-16(23)17(24)11-14)18-13-19(29-21(18)22(27)28)15-6-4-3-5-7-15/h2-9,11,13H,1,10,12H2,(H,27,28). The Morgan fingerprint density at radius 3 is 2.41 bits per heavy atom. The van der Waals surface area contributed by atoms with Crippen LogP contribution in [0.2, 0.25) is 10.0 Å². The van der Waals surface area contributed by atoms with Gasteiger partial charge in [-0.05, 0) is 29.3 Å². The van der Waals surface area contributed by atoms with Crippen LogP contribution in [0, 0.1) is 0 Å². The summed E-state index contributed by atoms with van der Waals surface area (Å²) in [5, 5.41) is 10.5. The fourth-order valence-corrected chi connectivity index (χ4v) is 4.19. The van der Waals surface area contributed by atoms with Crippen molar-refractivity contribution in [1.29, 1.82) is 0 Å². The second-order valence-electron chi connectivity index (χ2n) is 6.21. The number of halogens is 2. The average Bonchev–Trinajstić information content (AvgIpc) is 3.15. The van der Waals surface area contributed by atoms with Crippen LogP contribution in [-0.4, -0.2) is 23.5 Å². The first-order valence-corrected chi connectivity index (χ1v) is 10.3. The summed E-state index contributed by atoms with van der Waals surface area (Å²) >= 11 is 13.1. The van der Waals surface area contributed by atoms with Gasteiger partial charge < -0.3 is 10.0 Å². The number of rotatable bonds is 7. The number of aromatic carboxylic acids is 1. The first-order chi connectivity index (χ1) is 13.9.